The number of sulfonamides is 1. The number of aromatic nitrogens is 1. The van der Waals surface area contributed by atoms with Gasteiger partial charge in [0.05, 0.1) is 31.8 Å². The third kappa shape index (κ3) is 3.89. The Bertz CT molecular complexity index is 1580. The Morgan fingerprint density at radius 3 is 2.42 bits per heavy atom. The Morgan fingerprint density at radius 2 is 1.71 bits per heavy atom. The van der Waals surface area contributed by atoms with E-state index in [9.17, 15) is 13.5 Å². The highest BCUT2D eigenvalue weighted by Gasteiger charge is 2.55. The van der Waals surface area contributed by atoms with Crippen molar-refractivity contribution in [1.29, 1.82) is 0 Å². The largest absolute Gasteiger partial charge is 0.497 e. The van der Waals surface area contributed by atoms with Crippen molar-refractivity contribution in [2.24, 2.45) is 0 Å². The zero-order chi connectivity index (χ0) is 26.5. The van der Waals surface area contributed by atoms with Crippen LogP contribution in [-0.2, 0) is 22.0 Å². The van der Waals surface area contributed by atoms with E-state index in [1.165, 1.54) is 0 Å². The number of aliphatic hydroxyl groups excluding tert-OH is 1. The van der Waals surface area contributed by atoms with Crippen molar-refractivity contribution in [2.75, 3.05) is 40.5 Å². The van der Waals surface area contributed by atoms with E-state index in [-0.39, 0.29) is 12.6 Å². The summed E-state index contributed by atoms with van der Waals surface area (Å²) in [5.41, 5.74) is 3.50. The van der Waals surface area contributed by atoms with Crippen LogP contribution in [0.25, 0.3) is 10.9 Å². The van der Waals surface area contributed by atoms with Crippen molar-refractivity contribution in [3.8, 4) is 11.5 Å². The lowest BCUT2D eigenvalue weighted by molar-refractivity contribution is 0.0254. The average Bonchev–Trinajstić information content (AvgIpc) is 3.31. The van der Waals surface area contributed by atoms with E-state index < -0.39 is 15.4 Å². The summed E-state index contributed by atoms with van der Waals surface area (Å²) in [6, 6.07) is 22.1. The molecule has 2 aliphatic rings. The van der Waals surface area contributed by atoms with Gasteiger partial charge in [0.2, 0.25) is 10.0 Å². The minimum Gasteiger partial charge on any atom is -0.497 e. The molecule has 0 unspecified atom stereocenters. The van der Waals surface area contributed by atoms with Crippen LogP contribution in [0.2, 0.25) is 0 Å². The summed E-state index contributed by atoms with van der Waals surface area (Å²) in [5.74, 6) is 1.52. The zero-order valence-corrected chi connectivity index (χ0v) is 22.2. The van der Waals surface area contributed by atoms with Crippen LogP contribution in [-0.4, -0.2) is 68.2 Å². The summed E-state index contributed by atoms with van der Waals surface area (Å²) in [6.07, 6.45) is 0. The molecule has 8 nitrogen and oxygen atoms in total. The number of aliphatic hydroxyl groups is 1. The molecule has 9 heteroatoms. The molecule has 0 aliphatic carbocycles. The van der Waals surface area contributed by atoms with Crippen molar-refractivity contribution in [2.45, 2.75) is 22.9 Å². The van der Waals surface area contributed by atoms with Crippen molar-refractivity contribution in [3.63, 3.8) is 0 Å². The Hall–Kier alpha value is -3.37. The minimum atomic E-state index is -3.62. The van der Waals surface area contributed by atoms with Crippen molar-refractivity contribution < 1.29 is 23.0 Å². The molecule has 0 amide bonds. The number of ether oxygens (including phenoxy) is 2. The predicted octanol–water partition coefficient (Wildman–Crippen LogP) is 3.68. The number of fused-ring (bicyclic) bond motifs is 4. The maximum atomic E-state index is 13.4. The molecule has 2 aliphatic heterocycles. The first-order chi connectivity index (χ1) is 18.4. The molecule has 0 radical (unpaired) electrons. The highest BCUT2D eigenvalue weighted by molar-refractivity contribution is 7.89. The van der Waals surface area contributed by atoms with Gasteiger partial charge in [0.15, 0.2) is 0 Å². The van der Waals surface area contributed by atoms with Crippen LogP contribution >= 0.6 is 0 Å². The summed E-state index contributed by atoms with van der Waals surface area (Å²) in [4.78, 5) is 6.10. The third-order valence-electron chi connectivity index (χ3n) is 7.92. The Morgan fingerprint density at radius 1 is 0.974 bits per heavy atom. The normalized spacial score (nSPS) is 19.3. The highest BCUT2D eigenvalue weighted by atomic mass is 32.2. The van der Waals surface area contributed by atoms with Gasteiger partial charge in [-0.3, -0.25) is 4.90 Å². The molecule has 1 atom stereocenters. The Balaban J connectivity index is 1.44. The first kappa shape index (κ1) is 24.9. The van der Waals surface area contributed by atoms with Crippen LogP contribution in [0.1, 0.15) is 22.9 Å². The molecule has 1 saturated heterocycles. The second-order valence-corrected chi connectivity index (χ2v) is 12.0. The van der Waals surface area contributed by atoms with Gasteiger partial charge < -0.3 is 19.6 Å². The molecule has 3 aromatic carbocycles. The molecule has 0 bridgehead atoms. The van der Waals surface area contributed by atoms with E-state index in [0.717, 1.165) is 39.2 Å². The van der Waals surface area contributed by atoms with Gasteiger partial charge in [-0.05, 0) is 35.9 Å². The van der Waals surface area contributed by atoms with Gasteiger partial charge in [-0.25, -0.2) is 8.42 Å². The summed E-state index contributed by atoms with van der Waals surface area (Å²) >= 11 is 0. The monoisotopic (exact) mass is 533 g/mol. The number of methoxy groups -OCH3 is 2. The van der Waals surface area contributed by atoms with Crippen LogP contribution in [0.15, 0.2) is 77.7 Å². The fourth-order valence-electron chi connectivity index (χ4n) is 6.13. The molecule has 0 saturated carbocycles. The molecule has 38 heavy (non-hydrogen) atoms. The molecule has 3 heterocycles. The summed E-state index contributed by atoms with van der Waals surface area (Å²) in [5, 5.41) is 11.6. The van der Waals surface area contributed by atoms with E-state index in [1.54, 1.807) is 42.8 Å². The molecular weight excluding hydrogens is 502 g/mol. The number of hydrogen-bond acceptors (Lipinski definition) is 6. The van der Waals surface area contributed by atoms with E-state index in [0.29, 0.717) is 31.1 Å². The number of benzene rings is 3. The maximum absolute atomic E-state index is 13.4. The Kier molecular flexibility index (Phi) is 6.19. The van der Waals surface area contributed by atoms with Crippen molar-refractivity contribution >= 4 is 20.9 Å². The third-order valence-corrected chi connectivity index (χ3v) is 9.73. The van der Waals surface area contributed by atoms with E-state index in [1.807, 2.05) is 48.5 Å². The standard InChI is InChI=1S/C29H31N3O5S/c1-36-21-12-13-23-24(14-21)30-28-25(16-33)31(15-20-8-6-7-11-26(20)37-2)17-29(27(23)28)18-32(19-29)38(34,35)22-9-4-3-5-10-22/h3-14,25,30,33H,15-19H2,1-2H3/t25-/m1/s1. The number of hydrogen-bond donors (Lipinski definition) is 2. The van der Waals surface area contributed by atoms with Gasteiger partial charge >= 0.3 is 0 Å². The lowest BCUT2D eigenvalue weighted by atomic mass is 9.70. The summed E-state index contributed by atoms with van der Waals surface area (Å²) in [7, 11) is -0.330. The van der Waals surface area contributed by atoms with Crippen molar-refractivity contribution in [1.82, 2.24) is 14.2 Å². The molecular formula is C29H31N3O5S. The number of rotatable bonds is 7. The molecule has 1 aromatic heterocycles. The lowest BCUT2D eigenvalue weighted by Crippen LogP contribution is -2.67. The van der Waals surface area contributed by atoms with Gasteiger partial charge in [0, 0.05) is 59.8 Å². The highest BCUT2D eigenvalue weighted by Crippen LogP contribution is 2.50. The quantitative estimate of drug-likeness (QED) is 0.376. The fraction of sp³-hybridized carbons (Fsp3) is 0.310. The van der Waals surface area contributed by atoms with Gasteiger partial charge in [0.25, 0.3) is 0 Å². The fourth-order valence-corrected chi connectivity index (χ4v) is 7.76. The van der Waals surface area contributed by atoms with Gasteiger partial charge in [0.1, 0.15) is 11.5 Å². The van der Waals surface area contributed by atoms with Gasteiger partial charge in [-0.15, -0.1) is 0 Å². The predicted molar refractivity (Wildman–Crippen MR) is 145 cm³/mol. The second-order valence-electron chi connectivity index (χ2n) is 10.1. The van der Waals surface area contributed by atoms with Gasteiger partial charge in [-0.1, -0.05) is 36.4 Å². The smallest absolute Gasteiger partial charge is 0.243 e. The van der Waals surface area contributed by atoms with Crippen LogP contribution < -0.4 is 9.47 Å². The number of nitrogens with one attached hydrogen (secondary N) is 1. The first-order valence-electron chi connectivity index (χ1n) is 12.6. The van der Waals surface area contributed by atoms with Crippen LogP contribution in [0.4, 0.5) is 0 Å². The maximum Gasteiger partial charge on any atom is 0.243 e. The van der Waals surface area contributed by atoms with E-state index in [4.69, 9.17) is 9.47 Å². The minimum absolute atomic E-state index is 0.0752. The second kappa shape index (κ2) is 9.43. The zero-order valence-electron chi connectivity index (χ0n) is 21.4. The first-order valence-corrected chi connectivity index (χ1v) is 14.1. The number of aromatic amines is 1. The van der Waals surface area contributed by atoms with Crippen molar-refractivity contribution in [3.05, 3.63) is 89.6 Å². The number of H-pyrrole nitrogens is 1. The number of nitrogens with zero attached hydrogens (tertiary/aromatic N) is 2. The summed E-state index contributed by atoms with van der Waals surface area (Å²) in [6.45, 7) is 1.80. The number of para-hydroxylation sites is 1. The van der Waals surface area contributed by atoms with Crippen LogP contribution in [0, 0.1) is 0 Å². The van der Waals surface area contributed by atoms with Crippen LogP contribution in [0.5, 0.6) is 11.5 Å². The molecule has 198 valence electrons. The average molecular weight is 534 g/mol. The van der Waals surface area contributed by atoms with E-state index in [2.05, 4.69) is 9.88 Å². The van der Waals surface area contributed by atoms with Gasteiger partial charge in [-0.2, -0.15) is 4.31 Å². The molecule has 2 N–H and O–H groups in total. The molecule has 1 spiro atoms. The topological polar surface area (TPSA) is 95.1 Å². The summed E-state index contributed by atoms with van der Waals surface area (Å²) < 4.78 is 39.5. The van der Waals surface area contributed by atoms with Crippen LogP contribution in [0.3, 0.4) is 0 Å². The SMILES string of the molecule is COc1ccc2c3c([nH]c2c1)[C@@H](CO)N(Cc1ccccc1OC)CC31CN(S(=O)(=O)c2ccccc2)C1. The molecule has 6 rings (SSSR count). The lowest BCUT2D eigenvalue weighted by Gasteiger charge is -2.55. The van der Waals surface area contributed by atoms with E-state index >= 15 is 0 Å². The molecule has 1 fully saturated rings. The molecule has 4 aromatic rings. The Labute approximate surface area is 222 Å².